The molecule has 1 unspecified atom stereocenters. The van der Waals surface area contributed by atoms with E-state index >= 15 is 0 Å². The fourth-order valence-electron chi connectivity index (χ4n) is 4.28. The first-order valence-corrected chi connectivity index (χ1v) is 12.1. The van der Waals surface area contributed by atoms with Crippen LogP contribution in [0.3, 0.4) is 0 Å². The molecule has 1 aliphatic heterocycles. The van der Waals surface area contributed by atoms with E-state index in [4.69, 9.17) is 4.74 Å². The molecule has 0 fully saturated rings. The van der Waals surface area contributed by atoms with Gasteiger partial charge in [0.15, 0.2) is 38.5 Å². The average molecular weight is 442 g/mol. The number of aromatic nitrogens is 2. The number of aryl methyl sites for hydroxylation is 1. The van der Waals surface area contributed by atoms with Gasteiger partial charge in [-0.15, -0.1) is 0 Å². The quantitative estimate of drug-likeness (QED) is 0.244. The van der Waals surface area contributed by atoms with Gasteiger partial charge in [0.25, 0.3) is 0 Å². The monoisotopic (exact) mass is 442 g/mol. The second kappa shape index (κ2) is 7.85. The number of rotatable bonds is 4. The standard InChI is InChI=1S/C26H23N2O3P/c1-27-14-12-22-23-13-15-28(16-19-8-10-20(11-9-19)26(29)31-2)18-25(23)32(30,24(22)17-27)21-6-4-3-5-7-21/h3-15,17-18H,16H2,1-2H3/q+2. The Morgan fingerprint density at radius 3 is 2.22 bits per heavy atom. The van der Waals surface area contributed by atoms with Gasteiger partial charge in [-0.1, -0.05) is 42.5 Å². The lowest BCUT2D eigenvalue weighted by Crippen LogP contribution is -2.38. The van der Waals surface area contributed by atoms with Crippen LogP contribution in [0.5, 0.6) is 0 Å². The van der Waals surface area contributed by atoms with Crippen LogP contribution in [0.4, 0.5) is 0 Å². The Morgan fingerprint density at radius 2 is 1.53 bits per heavy atom. The number of pyridine rings is 2. The van der Waals surface area contributed by atoms with Crippen molar-refractivity contribution in [1.82, 2.24) is 0 Å². The van der Waals surface area contributed by atoms with Crippen LogP contribution >= 0.6 is 7.14 Å². The zero-order valence-corrected chi connectivity index (χ0v) is 18.8. The number of nitrogens with zero attached hydrogens (tertiary/aromatic N) is 2. The first-order valence-electron chi connectivity index (χ1n) is 10.4. The molecule has 2 aromatic carbocycles. The molecule has 0 aliphatic carbocycles. The number of ether oxygens (including phenoxy) is 1. The highest BCUT2D eigenvalue weighted by Gasteiger charge is 2.44. The molecule has 0 saturated carbocycles. The molecule has 1 aliphatic rings. The van der Waals surface area contributed by atoms with Crippen molar-refractivity contribution < 1.29 is 23.2 Å². The molecule has 0 N–H and O–H groups in total. The van der Waals surface area contributed by atoms with Crippen molar-refractivity contribution in [2.45, 2.75) is 6.54 Å². The molecule has 32 heavy (non-hydrogen) atoms. The maximum atomic E-state index is 14.7. The summed E-state index contributed by atoms with van der Waals surface area (Å²) in [6, 6.07) is 21.2. The molecule has 158 valence electrons. The van der Waals surface area contributed by atoms with Gasteiger partial charge in [0.05, 0.1) is 23.3 Å². The average Bonchev–Trinajstić information content (AvgIpc) is 3.08. The van der Waals surface area contributed by atoms with Gasteiger partial charge < -0.3 is 9.30 Å². The van der Waals surface area contributed by atoms with E-state index in [0.29, 0.717) is 12.1 Å². The normalized spacial score (nSPS) is 16.3. The molecular weight excluding hydrogens is 419 g/mol. The lowest BCUT2D eigenvalue weighted by molar-refractivity contribution is -0.687. The largest absolute Gasteiger partial charge is 0.465 e. The fraction of sp³-hybridized carbons (Fsp3) is 0.115. The minimum atomic E-state index is -2.99. The molecule has 1 atom stereocenters. The van der Waals surface area contributed by atoms with Crippen molar-refractivity contribution in [3.05, 3.63) is 103 Å². The number of benzene rings is 2. The Hall–Kier alpha value is -3.56. The fourth-order valence-corrected chi connectivity index (χ4v) is 7.42. The van der Waals surface area contributed by atoms with Crippen LogP contribution in [0, 0.1) is 0 Å². The molecule has 0 spiro atoms. The molecule has 5 nitrogen and oxygen atoms in total. The number of esters is 1. The predicted octanol–water partition coefficient (Wildman–Crippen LogP) is 2.25. The summed E-state index contributed by atoms with van der Waals surface area (Å²) >= 11 is 0. The van der Waals surface area contributed by atoms with Crippen molar-refractivity contribution in [1.29, 1.82) is 0 Å². The van der Waals surface area contributed by atoms with E-state index < -0.39 is 7.14 Å². The van der Waals surface area contributed by atoms with E-state index in [1.807, 2.05) is 89.5 Å². The van der Waals surface area contributed by atoms with E-state index in [-0.39, 0.29) is 5.97 Å². The highest BCUT2D eigenvalue weighted by Crippen LogP contribution is 2.51. The van der Waals surface area contributed by atoms with E-state index in [2.05, 4.69) is 6.07 Å². The van der Waals surface area contributed by atoms with Gasteiger partial charge >= 0.3 is 5.97 Å². The third-order valence-electron chi connectivity index (χ3n) is 5.90. The summed E-state index contributed by atoms with van der Waals surface area (Å²) in [6.45, 7) is 0.605. The van der Waals surface area contributed by atoms with E-state index in [1.54, 1.807) is 12.1 Å². The van der Waals surface area contributed by atoms with Crippen molar-refractivity contribution in [3.8, 4) is 11.1 Å². The SMILES string of the molecule is COC(=O)c1ccc(C[n+]2ccc3c(c2)P(=O)(c2ccccc2)c2c[n+](C)ccc2-3)cc1. The molecule has 0 amide bonds. The number of carbonyl (C=O) groups is 1. The van der Waals surface area contributed by atoms with E-state index in [1.165, 1.54) is 7.11 Å². The van der Waals surface area contributed by atoms with Crippen molar-refractivity contribution in [2.24, 2.45) is 7.05 Å². The number of methoxy groups -OCH3 is 1. The summed E-state index contributed by atoms with van der Waals surface area (Å²) in [5.41, 5.74) is 3.61. The molecule has 4 aromatic rings. The van der Waals surface area contributed by atoms with Crippen LogP contribution < -0.4 is 25.0 Å². The first-order chi connectivity index (χ1) is 15.5. The number of hydrogen-bond donors (Lipinski definition) is 0. The molecule has 5 rings (SSSR count). The number of carbonyl (C=O) groups excluding carboxylic acids is 1. The molecule has 6 heteroatoms. The zero-order valence-electron chi connectivity index (χ0n) is 17.9. The van der Waals surface area contributed by atoms with Crippen molar-refractivity contribution >= 4 is 29.0 Å². The first kappa shape index (κ1) is 20.3. The Balaban J connectivity index is 1.59. The maximum Gasteiger partial charge on any atom is 0.337 e. The van der Waals surface area contributed by atoms with Crippen LogP contribution in [0.1, 0.15) is 15.9 Å². The van der Waals surface area contributed by atoms with Crippen LogP contribution in [0.2, 0.25) is 0 Å². The lowest BCUT2D eigenvalue weighted by Gasteiger charge is -2.13. The topological polar surface area (TPSA) is 51.1 Å². The Bertz CT molecular complexity index is 1380. The third kappa shape index (κ3) is 3.26. The summed E-state index contributed by atoms with van der Waals surface area (Å²) in [5, 5.41) is 2.58. The van der Waals surface area contributed by atoms with Gasteiger partial charge in [0.2, 0.25) is 0 Å². The minimum absolute atomic E-state index is 0.350. The van der Waals surface area contributed by atoms with Gasteiger partial charge in [0.1, 0.15) is 7.05 Å². The van der Waals surface area contributed by atoms with Gasteiger partial charge in [0, 0.05) is 34.1 Å². The maximum absolute atomic E-state index is 14.7. The predicted molar refractivity (Wildman–Crippen MR) is 123 cm³/mol. The van der Waals surface area contributed by atoms with Gasteiger partial charge in [-0.25, -0.2) is 9.36 Å². The summed E-state index contributed by atoms with van der Waals surface area (Å²) < 4.78 is 23.5. The van der Waals surface area contributed by atoms with Gasteiger partial charge in [-0.2, -0.15) is 4.57 Å². The van der Waals surface area contributed by atoms with E-state index in [9.17, 15) is 9.36 Å². The highest BCUT2D eigenvalue weighted by atomic mass is 31.2. The summed E-state index contributed by atoms with van der Waals surface area (Å²) in [6.07, 6.45) is 8.01. The minimum Gasteiger partial charge on any atom is -0.465 e. The smallest absolute Gasteiger partial charge is 0.337 e. The van der Waals surface area contributed by atoms with Crippen LogP contribution in [0.15, 0.2) is 91.5 Å². The van der Waals surface area contributed by atoms with Crippen molar-refractivity contribution in [2.75, 3.05) is 7.11 Å². The molecule has 0 radical (unpaired) electrons. The molecule has 0 bridgehead atoms. The Kier molecular flexibility index (Phi) is 4.99. The van der Waals surface area contributed by atoms with Crippen molar-refractivity contribution in [3.63, 3.8) is 0 Å². The molecular formula is C26H23N2O3P+2. The van der Waals surface area contributed by atoms with E-state index in [0.717, 1.165) is 32.6 Å². The molecule has 0 saturated heterocycles. The third-order valence-corrected chi connectivity index (χ3v) is 9.00. The van der Waals surface area contributed by atoms with Crippen LogP contribution in [-0.2, 0) is 22.9 Å². The summed E-state index contributed by atoms with van der Waals surface area (Å²) in [7, 11) is 0.341. The number of fused-ring (bicyclic) bond motifs is 3. The second-order valence-electron chi connectivity index (χ2n) is 7.96. The van der Waals surface area contributed by atoms with Crippen LogP contribution in [0.25, 0.3) is 11.1 Å². The summed E-state index contributed by atoms with van der Waals surface area (Å²) in [4.78, 5) is 11.7. The summed E-state index contributed by atoms with van der Waals surface area (Å²) in [5.74, 6) is -0.350. The van der Waals surface area contributed by atoms with Crippen LogP contribution in [-0.4, -0.2) is 13.1 Å². The lowest BCUT2D eigenvalue weighted by atomic mass is 10.1. The number of hydrogen-bond acceptors (Lipinski definition) is 3. The molecule has 3 heterocycles. The Morgan fingerprint density at radius 1 is 0.875 bits per heavy atom. The zero-order chi connectivity index (χ0) is 22.3. The van der Waals surface area contributed by atoms with Gasteiger partial charge in [-0.3, -0.25) is 0 Å². The second-order valence-corrected chi connectivity index (χ2v) is 10.7. The van der Waals surface area contributed by atoms with Gasteiger partial charge in [-0.05, 0) is 12.1 Å². The molecule has 2 aromatic heterocycles. The highest BCUT2D eigenvalue weighted by molar-refractivity contribution is 7.86. The Labute approximate surface area is 186 Å².